The number of nitrogens with zero attached hydrogens (tertiary/aromatic N) is 1. The number of nitrogens with one attached hydrogen (secondary N) is 1. The highest BCUT2D eigenvalue weighted by Crippen LogP contribution is 2.20. The van der Waals surface area contributed by atoms with Crippen LogP contribution in [0.3, 0.4) is 0 Å². The zero-order chi connectivity index (χ0) is 13.0. The van der Waals surface area contributed by atoms with E-state index in [1.165, 1.54) is 6.20 Å². The lowest BCUT2D eigenvalue weighted by atomic mass is 10.2. The Morgan fingerprint density at radius 3 is 2.94 bits per heavy atom. The van der Waals surface area contributed by atoms with Crippen molar-refractivity contribution >= 4 is 35.0 Å². The molecular formula is C13H11ClN2OS. The molecule has 0 radical (unpaired) electrons. The van der Waals surface area contributed by atoms with Crippen molar-refractivity contribution < 1.29 is 4.79 Å². The molecule has 0 atom stereocenters. The van der Waals surface area contributed by atoms with Crippen LogP contribution in [0.5, 0.6) is 0 Å². The molecule has 0 saturated carbocycles. The Morgan fingerprint density at radius 1 is 1.39 bits per heavy atom. The molecule has 1 aromatic carbocycles. The maximum atomic E-state index is 12.0. The van der Waals surface area contributed by atoms with E-state index in [4.69, 9.17) is 11.6 Å². The summed E-state index contributed by atoms with van der Waals surface area (Å²) in [7, 11) is 0. The van der Waals surface area contributed by atoms with Gasteiger partial charge in [-0.25, -0.2) is 0 Å². The molecule has 0 spiro atoms. The molecule has 1 N–H and O–H groups in total. The number of aromatic nitrogens is 1. The zero-order valence-corrected chi connectivity index (χ0v) is 11.3. The number of amides is 1. The minimum Gasteiger partial charge on any atom is -0.322 e. The maximum absolute atomic E-state index is 12.0. The number of thioether (sulfide) groups is 1. The number of pyridine rings is 1. The predicted octanol–water partition coefficient (Wildman–Crippen LogP) is 3.71. The molecule has 2 rings (SSSR count). The van der Waals surface area contributed by atoms with Crippen LogP contribution in [0.4, 0.5) is 5.69 Å². The van der Waals surface area contributed by atoms with Gasteiger partial charge >= 0.3 is 0 Å². The van der Waals surface area contributed by atoms with Gasteiger partial charge in [0.25, 0.3) is 5.91 Å². The number of benzene rings is 1. The summed E-state index contributed by atoms with van der Waals surface area (Å²) in [4.78, 5) is 16.9. The summed E-state index contributed by atoms with van der Waals surface area (Å²) < 4.78 is 0. The number of anilines is 1. The van der Waals surface area contributed by atoms with E-state index in [1.807, 2.05) is 30.5 Å². The van der Waals surface area contributed by atoms with Crippen molar-refractivity contribution in [1.82, 2.24) is 4.98 Å². The van der Waals surface area contributed by atoms with Crippen molar-refractivity contribution in [3.63, 3.8) is 0 Å². The van der Waals surface area contributed by atoms with E-state index in [2.05, 4.69) is 10.3 Å². The van der Waals surface area contributed by atoms with E-state index in [1.54, 1.807) is 24.0 Å². The Balaban J connectivity index is 2.19. The lowest BCUT2D eigenvalue weighted by molar-refractivity contribution is 0.102. The molecule has 0 fully saturated rings. The highest BCUT2D eigenvalue weighted by molar-refractivity contribution is 7.98. The standard InChI is InChI=1S/C13H11ClN2OS/c1-18-10-4-2-3-9(7-10)16-13(17)11-5-6-15-8-12(11)14/h2-8H,1H3,(H,16,17). The molecule has 0 aliphatic carbocycles. The highest BCUT2D eigenvalue weighted by Gasteiger charge is 2.10. The number of carbonyl (C=O) groups is 1. The van der Waals surface area contributed by atoms with Gasteiger partial charge in [0.1, 0.15) is 0 Å². The third kappa shape index (κ3) is 3.03. The van der Waals surface area contributed by atoms with Crippen LogP contribution in [0, 0.1) is 0 Å². The van der Waals surface area contributed by atoms with Gasteiger partial charge in [-0.1, -0.05) is 17.7 Å². The molecule has 0 saturated heterocycles. The van der Waals surface area contributed by atoms with Gasteiger partial charge in [0, 0.05) is 23.0 Å². The van der Waals surface area contributed by atoms with Crippen molar-refractivity contribution in [2.24, 2.45) is 0 Å². The lowest BCUT2D eigenvalue weighted by Gasteiger charge is -2.07. The smallest absolute Gasteiger partial charge is 0.257 e. The fraction of sp³-hybridized carbons (Fsp3) is 0.0769. The fourth-order valence-electron chi connectivity index (χ4n) is 1.46. The lowest BCUT2D eigenvalue weighted by Crippen LogP contribution is -2.12. The van der Waals surface area contributed by atoms with Crippen molar-refractivity contribution in [2.75, 3.05) is 11.6 Å². The molecule has 2 aromatic rings. The molecule has 1 heterocycles. The van der Waals surface area contributed by atoms with Crippen LogP contribution in [-0.2, 0) is 0 Å². The molecule has 1 amide bonds. The molecule has 0 unspecified atom stereocenters. The first-order valence-electron chi connectivity index (χ1n) is 5.25. The zero-order valence-electron chi connectivity index (χ0n) is 9.68. The first kappa shape index (κ1) is 12.9. The molecule has 18 heavy (non-hydrogen) atoms. The topological polar surface area (TPSA) is 42.0 Å². The first-order valence-corrected chi connectivity index (χ1v) is 6.86. The summed E-state index contributed by atoms with van der Waals surface area (Å²) in [5.74, 6) is -0.236. The Kier molecular flexibility index (Phi) is 4.23. The monoisotopic (exact) mass is 278 g/mol. The van der Waals surface area contributed by atoms with Gasteiger partial charge < -0.3 is 5.32 Å². The number of rotatable bonds is 3. The number of hydrogen-bond acceptors (Lipinski definition) is 3. The van der Waals surface area contributed by atoms with Gasteiger partial charge in [-0.2, -0.15) is 0 Å². The Bertz CT molecular complexity index is 574. The van der Waals surface area contributed by atoms with E-state index >= 15 is 0 Å². The van der Waals surface area contributed by atoms with Gasteiger partial charge in [-0.15, -0.1) is 11.8 Å². The number of halogens is 1. The van der Waals surface area contributed by atoms with Crippen LogP contribution in [-0.4, -0.2) is 17.1 Å². The molecule has 1 aromatic heterocycles. The van der Waals surface area contributed by atoms with E-state index in [0.29, 0.717) is 10.6 Å². The van der Waals surface area contributed by atoms with Crippen LogP contribution in [0.2, 0.25) is 5.02 Å². The Morgan fingerprint density at radius 2 is 2.22 bits per heavy atom. The van der Waals surface area contributed by atoms with E-state index in [0.717, 1.165) is 10.6 Å². The molecule has 0 bridgehead atoms. The number of hydrogen-bond donors (Lipinski definition) is 1. The molecule has 5 heteroatoms. The Labute approximate surface area is 115 Å². The van der Waals surface area contributed by atoms with E-state index < -0.39 is 0 Å². The van der Waals surface area contributed by atoms with Gasteiger partial charge in [-0.3, -0.25) is 9.78 Å². The minimum atomic E-state index is -0.236. The summed E-state index contributed by atoms with van der Waals surface area (Å²) in [5.41, 5.74) is 1.17. The average Bonchev–Trinajstić information content (AvgIpc) is 2.39. The minimum absolute atomic E-state index is 0.236. The van der Waals surface area contributed by atoms with Crippen LogP contribution >= 0.6 is 23.4 Å². The van der Waals surface area contributed by atoms with Crippen molar-refractivity contribution in [2.45, 2.75) is 4.90 Å². The summed E-state index contributed by atoms with van der Waals surface area (Å²) in [6.45, 7) is 0. The molecule has 92 valence electrons. The molecule has 0 aliphatic heterocycles. The molecule has 3 nitrogen and oxygen atoms in total. The average molecular weight is 279 g/mol. The quantitative estimate of drug-likeness (QED) is 0.870. The normalized spacial score (nSPS) is 10.1. The number of carbonyl (C=O) groups excluding carboxylic acids is 1. The largest absolute Gasteiger partial charge is 0.322 e. The fourth-order valence-corrected chi connectivity index (χ4v) is 2.12. The van der Waals surface area contributed by atoms with E-state index in [-0.39, 0.29) is 5.91 Å². The van der Waals surface area contributed by atoms with Crippen molar-refractivity contribution in [3.8, 4) is 0 Å². The SMILES string of the molecule is CSc1cccc(NC(=O)c2ccncc2Cl)c1. The van der Waals surface area contributed by atoms with Gasteiger partial charge in [0.15, 0.2) is 0 Å². The van der Waals surface area contributed by atoms with Crippen LogP contribution < -0.4 is 5.32 Å². The molecule has 0 aliphatic rings. The van der Waals surface area contributed by atoms with Gasteiger partial charge in [-0.05, 0) is 30.5 Å². The summed E-state index contributed by atoms with van der Waals surface area (Å²) >= 11 is 7.54. The maximum Gasteiger partial charge on any atom is 0.257 e. The summed E-state index contributed by atoms with van der Waals surface area (Å²) in [6, 6.07) is 9.23. The third-order valence-corrected chi connectivity index (χ3v) is 3.37. The van der Waals surface area contributed by atoms with Gasteiger partial charge in [0.2, 0.25) is 0 Å². The van der Waals surface area contributed by atoms with E-state index in [9.17, 15) is 4.79 Å². The summed E-state index contributed by atoms with van der Waals surface area (Å²) in [6.07, 6.45) is 4.98. The third-order valence-electron chi connectivity index (χ3n) is 2.34. The Hall–Kier alpha value is -1.52. The predicted molar refractivity (Wildman–Crippen MR) is 75.4 cm³/mol. The van der Waals surface area contributed by atoms with Crippen molar-refractivity contribution in [1.29, 1.82) is 0 Å². The highest BCUT2D eigenvalue weighted by atomic mass is 35.5. The second-order valence-electron chi connectivity index (χ2n) is 3.54. The molecular weight excluding hydrogens is 268 g/mol. The first-order chi connectivity index (χ1) is 8.70. The van der Waals surface area contributed by atoms with Crippen LogP contribution in [0.15, 0.2) is 47.6 Å². The van der Waals surface area contributed by atoms with Crippen LogP contribution in [0.25, 0.3) is 0 Å². The van der Waals surface area contributed by atoms with Gasteiger partial charge in [0.05, 0.1) is 10.6 Å². The van der Waals surface area contributed by atoms with Crippen molar-refractivity contribution in [3.05, 3.63) is 53.3 Å². The second-order valence-corrected chi connectivity index (χ2v) is 4.83. The summed E-state index contributed by atoms with van der Waals surface area (Å²) in [5, 5.41) is 3.15. The second kappa shape index (κ2) is 5.89. The van der Waals surface area contributed by atoms with Crippen LogP contribution in [0.1, 0.15) is 10.4 Å².